The molecular weight excluding hydrogens is 374 g/mol. The molecule has 146 valence electrons. The Morgan fingerprint density at radius 1 is 0.964 bits per heavy atom. The Balaban J connectivity index is 1.46. The van der Waals surface area contributed by atoms with E-state index in [-0.39, 0.29) is 5.56 Å². The Morgan fingerprint density at radius 3 is 2.39 bits per heavy atom. The Labute approximate surface area is 164 Å². The van der Waals surface area contributed by atoms with Gasteiger partial charge in [-0.05, 0) is 42.1 Å². The van der Waals surface area contributed by atoms with Gasteiger partial charge in [-0.25, -0.2) is 8.42 Å². The number of aromatic nitrogens is 1. The number of aryl methyl sites for hydroxylation is 1. The molecule has 28 heavy (non-hydrogen) atoms. The van der Waals surface area contributed by atoms with Crippen LogP contribution in [0.4, 0.5) is 0 Å². The highest BCUT2D eigenvalue weighted by atomic mass is 32.2. The highest BCUT2D eigenvalue weighted by Crippen LogP contribution is 2.18. The molecule has 2 heterocycles. The second-order valence-electron chi connectivity index (χ2n) is 7.21. The van der Waals surface area contributed by atoms with Gasteiger partial charge in [-0.1, -0.05) is 30.3 Å². The van der Waals surface area contributed by atoms with Gasteiger partial charge in [0.1, 0.15) is 0 Å². The van der Waals surface area contributed by atoms with E-state index >= 15 is 0 Å². The van der Waals surface area contributed by atoms with Crippen molar-refractivity contribution in [1.29, 1.82) is 0 Å². The Hall–Kier alpha value is -2.48. The lowest BCUT2D eigenvalue weighted by atomic mass is 10.1. The summed E-state index contributed by atoms with van der Waals surface area (Å²) in [6.45, 7) is 4.53. The van der Waals surface area contributed by atoms with Gasteiger partial charge in [0.15, 0.2) is 0 Å². The van der Waals surface area contributed by atoms with E-state index in [4.69, 9.17) is 0 Å². The number of hydrogen-bond donors (Lipinski definition) is 1. The van der Waals surface area contributed by atoms with Crippen molar-refractivity contribution in [2.45, 2.75) is 18.4 Å². The summed E-state index contributed by atoms with van der Waals surface area (Å²) < 4.78 is 27.0. The number of H-pyrrole nitrogens is 1. The van der Waals surface area contributed by atoms with Crippen LogP contribution in [0.1, 0.15) is 11.1 Å². The molecule has 1 aliphatic heterocycles. The zero-order valence-electron chi connectivity index (χ0n) is 15.8. The summed E-state index contributed by atoms with van der Waals surface area (Å²) in [6, 6.07) is 16.4. The van der Waals surface area contributed by atoms with E-state index in [9.17, 15) is 13.2 Å². The molecule has 0 saturated carbocycles. The van der Waals surface area contributed by atoms with Gasteiger partial charge in [0.05, 0.1) is 4.90 Å². The van der Waals surface area contributed by atoms with E-state index in [0.29, 0.717) is 43.2 Å². The van der Waals surface area contributed by atoms with Crippen LogP contribution < -0.4 is 5.56 Å². The van der Waals surface area contributed by atoms with Crippen LogP contribution in [0, 0.1) is 6.92 Å². The Morgan fingerprint density at radius 2 is 1.68 bits per heavy atom. The monoisotopic (exact) mass is 397 g/mol. The molecule has 0 radical (unpaired) electrons. The van der Waals surface area contributed by atoms with Crippen LogP contribution in [0.3, 0.4) is 0 Å². The molecule has 6 nitrogen and oxygen atoms in total. The highest BCUT2D eigenvalue weighted by Gasteiger charge is 2.28. The minimum absolute atomic E-state index is 0.0857. The number of aromatic amines is 1. The second-order valence-corrected chi connectivity index (χ2v) is 9.15. The number of rotatable bonds is 4. The van der Waals surface area contributed by atoms with Crippen molar-refractivity contribution in [2.75, 3.05) is 26.2 Å². The summed E-state index contributed by atoms with van der Waals surface area (Å²) >= 11 is 0. The molecule has 1 aromatic heterocycles. The number of nitrogens with one attached hydrogen (secondary N) is 1. The predicted molar refractivity (Wildman–Crippen MR) is 110 cm³/mol. The van der Waals surface area contributed by atoms with Crippen molar-refractivity contribution in [2.24, 2.45) is 0 Å². The van der Waals surface area contributed by atoms with Crippen molar-refractivity contribution in [3.63, 3.8) is 0 Å². The maximum atomic E-state index is 12.7. The number of fused-ring (bicyclic) bond motifs is 1. The third kappa shape index (κ3) is 3.73. The Bertz CT molecular complexity index is 1150. The summed E-state index contributed by atoms with van der Waals surface area (Å²) in [5.41, 5.74) is 2.56. The molecule has 7 heteroatoms. The standard InChI is InChI=1S/C21H23N3O3S/c1-16-7-8-17-14-18(21(25)22-20(17)13-16)15-23-9-11-24(12-10-23)28(26,27)19-5-3-2-4-6-19/h2-8,13-14H,9-12,15H2,1H3,(H,22,25). The average Bonchev–Trinajstić information content (AvgIpc) is 2.70. The van der Waals surface area contributed by atoms with Crippen LogP contribution in [-0.2, 0) is 16.6 Å². The molecule has 0 atom stereocenters. The van der Waals surface area contributed by atoms with Crippen molar-refractivity contribution >= 4 is 20.9 Å². The lowest BCUT2D eigenvalue weighted by Gasteiger charge is -2.33. The van der Waals surface area contributed by atoms with Gasteiger partial charge in [-0.2, -0.15) is 4.31 Å². The molecule has 0 amide bonds. The summed E-state index contributed by atoms with van der Waals surface area (Å²) in [4.78, 5) is 17.8. The van der Waals surface area contributed by atoms with E-state index < -0.39 is 10.0 Å². The molecule has 0 bridgehead atoms. The number of nitrogens with zero attached hydrogens (tertiary/aromatic N) is 2. The van der Waals surface area contributed by atoms with Gasteiger partial charge in [0.2, 0.25) is 10.0 Å². The molecule has 0 unspecified atom stereocenters. The summed E-state index contributed by atoms with van der Waals surface area (Å²) in [5, 5.41) is 1.01. The van der Waals surface area contributed by atoms with E-state index in [2.05, 4.69) is 9.88 Å². The highest BCUT2D eigenvalue weighted by molar-refractivity contribution is 7.89. The number of pyridine rings is 1. The largest absolute Gasteiger partial charge is 0.322 e. The van der Waals surface area contributed by atoms with Gasteiger partial charge >= 0.3 is 0 Å². The van der Waals surface area contributed by atoms with Crippen LogP contribution >= 0.6 is 0 Å². The van der Waals surface area contributed by atoms with Crippen LogP contribution in [0.5, 0.6) is 0 Å². The molecule has 4 rings (SSSR count). The van der Waals surface area contributed by atoms with Gasteiger partial charge < -0.3 is 4.98 Å². The SMILES string of the molecule is Cc1ccc2cc(CN3CCN(S(=O)(=O)c4ccccc4)CC3)c(=O)[nH]c2c1. The molecule has 0 spiro atoms. The quantitative estimate of drug-likeness (QED) is 0.733. The zero-order valence-corrected chi connectivity index (χ0v) is 16.6. The number of hydrogen-bond acceptors (Lipinski definition) is 4. The lowest BCUT2D eigenvalue weighted by molar-refractivity contribution is 0.181. The second kappa shape index (κ2) is 7.50. The molecule has 0 aliphatic carbocycles. The first kappa shape index (κ1) is 18.9. The summed E-state index contributed by atoms with van der Waals surface area (Å²) in [5.74, 6) is 0. The smallest absolute Gasteiger partial charge is 0.252 e. The van der Waals surface area contributed by atoms with Crippen LogP contribution in [0.15, 0.2) is 64.3 Å². The molecule has 1 fully saturated rings. The van der Waals surface area contributed by atoms with Crippen molar-refractivity contribution in [3.8, 4) is 0 Å². The van der Waals surface area contributed by atoms with Crippen LogP contribution in [-0.4, -0.2) is 48.8 Å². The summed E-state index contributed by atoms with van der Waals surface area (Å²) in [7, 11) is -3.46. The van der Waals surface area contributed by atoms with E-state index in [1.165, 1.54) is 4.31 Å². The molecule has 1 N–H and O–H groups in total. The topological polar surface area (TPSA) is 73.5 Å². The molecule has 1 aliphatic rings. The molecule has 2 aromatic carbocycles. The molecule has 3 aromatic rings. The van der Waals surface area contributed by atoms with Gasteiger partial charge in [0.25, 0.3) is 5.56 Å². The maximum absolute atomic E-state index is 12.7. The number of piperazine rings is 1. The Kier molecular flexibility index (Phi) is 5.05. The first-order valence-corrected chi connectivity index (χ1v) is 10.8. The van der Waals surface area contributed by atoms with E-state index in [0.717, 1.165) is 16.5 Å². The first-order valence-electron chi connectivity index (χ1n) is 9.33. The third-order valence-corrected chi connectivity index (χ3v) is 7.10. The van der Waals surface area contributed by atoms with E-state index in [1.54, 1.807) is 30.3 Å². The number of benzene rings is 2. The van der Waals surface area contributed by atoms with Crippen LogP contribution in [0.2, 0.25) is 0 Å². The van der Waals surface area contributed by atoms with Crippen molar-refractivity contribution in [1.82, 2.24) is 14.2 Å². The van der Waals surface area contributed by atoms with Crippen molar-refractivity contribution < 1.29 is 8.42 Å². The van der Waals surface area contributed by atoms with Gasteiger partial charge in [-0.3, -0.25) is 9.69 Å². The van der Waals surface area contributed by atoms with Crippen molar-refractivity contribution in [3.05, 3.63) is 76.1 Å². The first-order chi connectivity index (χ1) is 13.4. The zero-order chi connectivity index (χ0) is 19.7. The van der Waals surface area contributed by atoms with Crippen LogP contribution in [0.25, 0.3) is 10.9 Å². The average molecular weight is 398 g/mol. The normalized spacial score (nSPS) is 16.5. The fraction of sp³-hybridized carbons (Fsp3) is 0.286. The molecule has 1 saturated heterocycles. The molecular formula is C21H23N3O3S. The fourth-order valence-corrected chi connectivity index (χ4v) is 5.03. The van der Waals surface area contributed by atoms with Gasteiger partial charge in [-0.15, -0.1) is 0 Å². The minimum atomic E-state index is -3.46. The van der Waals surface area contributed by atoms with Gasteiger partial charge in [0, 0.05) is 43.8 Å². The number of sulfonamides is 1. The lowest BCUT2D eigenvalue weighted by Crippen LogP contribution is -2.48. The maximum Gasteiger partial charge on any atom is 0.252 e. The van der Waals surface area contributed by atoms with E-state index in [1.807, 2.05) is 31.2 Å². The summed E-state index contributed by atoms with van der Waals surface area (Å²) in [6.07, 6.45) is 0. The fourth-order valence-electron chi connectivity index (χ4n) is 3.59. The minimum Gasteiger partial charge on any atom is -0.322 e. The predicted octanol–water partition coefficient (Wildman–Crippen LogP) is 2.34. The third-order valence-electron chi connectivity index (χ3n) is 5.18.